The van der Waals surface area contributed by atoms with Crippen LogP contribution in [0.1, 0.15) is 12.8 Å². The Morgan fingerprint density at radius 1 is 1.35 bits per heavy atom. The van der Waals surface area contributed by atoms with E-state index in [4.69, 9.17) is 0 Å². The Morgan fingerprint density at radius 2 is 2.00 bits per heavy atom. The number of piperidine rings is 1. The normalized spacial score (nSPS) is 17.2. The highest BCUT2D eigenvalue weighted by Gasteiger charge is 2.21. The molecule has 0 spiro atoms. The molecule has 0 aliphatic carbocycles. The second-order valence-electron chi connectivity index (χ2n) is 5.50. The van der Waals surface area contributed by atoms with Crippen molar-refractivity contribution in [2.45, 2.75) is 12.8 Å². The highest BCUT2D eigenvalue weighted by molar-refractivity contribution is 5.48. The number of likely N-dealkylation sites (tertiary alicyclic amines) is 1. The summed E-state index contributed by atoms with van der Waals surface area (Å²) in [7, 11) is 5.49. The fourth-order valence-corrected chi connectivity index (χ4v) is 2.62. The Kier molecular flexibility index (Phi) is 4.75. The molecule has 1 aliphatic heterocycles. The number of halogens is 2. The quantitative estimate of drug-likeness (QED) is 0.918. The summed E-state index contributed by atoms with van der Waals surface area (Å²) in [6, 6.07) is 0.888. The van der Waals surface area contributed by atoms with Crippen molar-refractivity contribution in [3.63, 3.8) is 0 Å². The maximum absolute atomic E-state index is 13.9. The third-order valence-electron chi connectivity index (χ3n) is 3.88. The first-order chi connectivity index (χ1) is 9.51. The Hall–Kier alpha value is -1.43. The molecule has 1 aromatic rings. The molecule has 0 aromatic carbocycles. The second kappa shape index (κ2) is 6.35. The van der Waals surface area contributed by atoms with Gasteiger partial charge < -0.3 is 15.1 Å². The summed E-state index contributed by atoms with van der Waals surface area (Å²) in [6.07, 6.45) is 2.20. The summed E-state index contributed by atoms with van der Waals surface area (Å²) in [6.45, 7) is 2.88. The zero-order valence-corrected chi connectivity index (χ0v) is 12.3. The van der Waals surface area contributed by atoms with E-state index >= 15 is 0 Å². The summed E-state index contributed by atoms with van der Waals surface area (Å²) in [4.78, 5) is 8.11. The molecule has 0 bridgehead atoms. The van der Waals surface area contributed by atoms with Crippen molar-refractivity contribution in [3.8, 4) is 0 Å². The molecule has 0 saturated carbocycles. The van der Waals surface area contributed by atoms with E-state index in [0.717, 1.165) is 38.5 Å². The van der Waals surface area contributed by atoms with Crippen molar-refractivity contribution < 1.29 is 8.78 Å². The van der Waals surface area contributed by atoms with Gasteiger partial charge in [-0.1, -0.05) is 0 Å². The Balaban J connectivity index is 2.07. The minimum absolute atomic E-state index is 0.0802. The summed E-state index contributed by atoms with van der Waals surface area (Å²) in [5.41, 5.74) is 0. The first-order valence-corrected chi connectivity index (χ1v) is 6.94. The van der Waals surface area contributed by atoms with Crippen LogP contribution in [0.3, 0.4) is 0 Å². The molecule has 0 amide bonds. The van der Waals surface area contributed by atoms with Gasteiger partial charge in [-0.3, -0.25) is 0 Å². The largest absolute Gasteiger partial charge is 0.371 e. The molecule has 112 valence electrons. The van der Waals surface area contributed by atoms with E-state index < -0.39 is 11.6 Å². The molecule has 1 aliphatic rings. The summed E-state index contributed by atoms with van der Waals surface area (Å²) in [5, 5.41) is 2.64. The first kappa shape index (κ1) is 15.0. The highest BCUT2D eigenvalue weighted by atomic mass is 19.1. The first-order valence-electron chi connectivity index (χ1n) is 6.94. The van der Waals surface area contributed by atoms with Crippen LogP contribution in [0.4, 0.5) is 20.4 Å². The lowest BCUT2D eigenvalue weighted by Crippen LogP contribution is -2.36. The molecule has 0 unspecified atom stereocenters. The third kappa shape index (κ3) is 3.36. The van der Waals surface area contributed by atoms with Crippen molar-refractivity contribution >= 4 is 11.6 Å². The zero-order valence-electron chi connectivity index (χ0n) is 12.3. The lowest BCUT2D eigenvalue weighted by Gasteiger charge is -2.32. The number of hydrogen-bond acceptors (Lipinski definition) is 4. The Bertz CT molecular complexity index is 459. The number of hydrogen-bond donors (Lipinski definition) is 1. The second-order valence-corrected chi connectivity index (χ2v) is 5.50. The highest BCUT2D eigenvalue weighted by Crippen LogP contribution is 2.24. The van der Waals surface area contributed by atoms with Gasteiger partial charge in [0.05, 0.1) is 0 Å². The molecule has 4 nitrogen and oxygen atoms in total. The van der Waals surface area contributed by atoms with E-state index in [2.05, 4.69) is 22.2 Å². The van der Waals surface area contributed by atoms with Gasteiger partial charge in [-0.25, -0.2) is 13.8 Å². The maximum atomic E-state index is 13.9. The molecular weight excluding hydrogens is 262 g/mol. The number of anilines is 2. The van der Waals surface area contributed by atoms with Gasteiger partial charge in [-0.2, -0.15) is 0 Å². The molecule has 1 fully saturated rings. The molecule has 0 radical (unpaired) electrons. The standard InChI is InChI=1S/C14H22F2N4/c1-17-13-11(15)8-12(16)14(18-13)20(3)9-10-4-6-19(2)7-5-10/h8,10H,4-7,9H2,1-3H3,(H,17,18). The van der Waals surface area contributed by atoms with E-state index in [9.17, 15) is 8.78 Å². The number of rotatable bonds is 4. The van der Waals surface area contributed by atoms with E-state index in [0.29, 0.717) is 5.92 Å². The molecular formula is C14H22F2N4. The van der Waals surface area contributed by atoms with Crippen LogP contribution < -0.4 is 10.2 Å². The lowest BCUT2D eigenvalue weighted by atomic mass is 9.97. The van der Waals surface area contributed by atoms with Crippen LogP contribution in [0.5, 0.6) is 0 Å². The molecule has 2 rings (SSSR count). The van der Waals surface area contributed by atoms with Gasteiger partial charge in [0.15, 0.2) is 23.3 Å². The minimum Gasteiger partial charge on any atom is -0.371 e. The zero-order chi connectivity index (χ0) is 14.7. The molecule has 1 saturated heterocycles. The predicted octanol–water partition coefficient (Wildman–Crippen LogP) is 2.18. The average molecular weight is 284 g/mol. The monoisotopic (exact) mass is 284 g/mol. The van der Waals surface area contributed by atoms with E-state index in [1.807, 2.05) is 0 Å². The van der Waals surface area contributed by atoms with Gasteiger partial charge >= 0.3 is 0 Å². The van der Waals surface area contributed by atoms with Crippen molar-refractivity contribution in [2.75, 3.05) is 51.0 Å². The van der Waals surface area contributed by atoms with Crippen LogP contribution in [0, 0.1) is 17.6 Å². The van der Waals surface area contributed by atoms with Crippen LogP contribution in [-0.2, 0) is 0 Å². The predicted molar refractivity (Wildman–Crippen MR) is 77.2 cm³/mol. The van der Waals surface area contributed by atoms with Gasteiger partial charge in [0.25, 0.3) is 0 Å². The summed E-state index contributed by atoms with van der Waals surface area (Å²) >= 11 is 0. The van der Waals surface area contributed by atoms with Crippen molar-refractivity contribution in [1.29, 1.82) is 0 Å². The number of nitrogens with zero attached hydrogens (tertiary/aromatic N) is 3. The minimum atomic E-state index is -0.665. The summed E-state index contributed by atoms with van der Waals surface area (Å²) < 4.78 is 27.3. The molecule has 6 heteroatoms. The van der Waals surface area contributed by atoms with E-state index in [1.165, 1.54) is 0 Å². The third-order valence-corrected chi connectivity index (χ3v) is 3.88. The van der Waals surface area contributed by atoms with Crippen LogP contribution in [0.2, 0.25) is 0 Å². The van der Waals surface area contributed by atoms with Crippen molar-refractivity contribution in [2.24, 2.45) is 5.92 Å². The van der Waals surface area contributed by atoms with Gasteiger partial charge in [-0.05, 0) is 38.9 Å². The van der Waals surface area contributed by atoms with Gasteiger partial charge in [0, 0.05) is 26.7 Å². The summed E-state index contributed by atoms with van der Waals surface area (Å²) in [5.74, 6) is -0.467. The molecule has 2 heterocycles. The van der Waals surface area contributed by atoms with Crippen LogP contribution in [0.25, 0.3) is 0 Å². The van der Waals surface area contributed by atoms with Crippen molar-refractivity contribution in [1.82, 2.24) is 9.88 Å². The fraction of sp³-hybridized carbons (Fsp3) is 0.643. The van der Waals surface area contributed by atoms with Gasteiger partial charge in [-0.15, -0.1) is 0 Å². The van der Waals surface area contributed by atoms with Gasteiger partial charge in [0.2, 0.25) is 0 Å². The molecule has 1 N–H and O–H groups in total. The molecule has 0 atom stereocenters. The lowest BCUT2D eigenvalue weighted by molar-refractivity contribution is 0.222. The average Bonchev–Trinajstić information content (AvgIpc) is 2.41. The smallest absolute Gasteiger partial charge is 0.168 e. The Morgan fingerprint density at radius 3 is 2.60 bits per heavy atom. The van der Waals surface area contributed by atoms with Crippen LogP contribution >= 0.6 is 0 Å². The topological polar surface area (TPSA) is 31.4 Å². The van der Waals surface area contributed by atoms with E-state index in [1.54, 1.807) is 19.0 Å². The van der Waals surface area contributed by atoms with E-state index in [-0.39, 0.29) is 11.6 Å². The SMILES string of the molecule is CNc1nc(N(C)CC2CCN(C)CC2)c(F)cc1F. The van der Waals surface area contributed by atoms with Gasteiger partial charge in [0.1, 0.15) is 0 Å². The number of aromatic nitrogens is 1. The fourth-order valence-electron chi connectivity index (χ4n) is 2.62. The van der Waals surface area contributed by atoms with Crippen LogP contribution in [0.15, 0.2) is 6.07 Å². The Labute approximate surface area is 118 Å². The molecule has 1 aromatic heterocycles. The number of nitrogens with one attached hydrogen (secondary N) is 1. The van der Waals surface area contributed by atoms with Crippen molar-refractivity contribution in [3.05, 3.63) is 17.7 Å². The number of pyridine rings is 1. The maximum Gasteiger partial charge on any atom is 0.168 e. The molecule has 20 heavy (non-hydrogen) atoms. The van der Waals surface area contributed by atoms with Crippen LogP contribution in [-0.4, -0.2) is 50.7 Å².